The molecule has 1 saturated heterocycles. The van der Waals surface area contributed by atoms with Crippen molar-refractivity contribution in [3.8, 4) is 0 Å². The summed E-state index contributed by atoms with van der Waals surface area (Å²) in [5.41, 5.74) is 2.64. The molecule has 4 heterocycles. The zero-order chi connectivity index (χ0) is 22.4. The van der Waals surface area contributed by atoms with E-state index in [-0.39, 0.29) is 24.2 Å². The molecule has 3 aromatic rings. The van der Waals surface area contributed by atoms with Gasteiger partial charge in [0.25, 0.3) is 5.91 Å². The number of nitrogens with zero attached hydrogens (tertiary/aromatic N) is 7. The third-order valence-electron chi connectivity index (χ3n) is 6.72. The number of amides is 1. The molecule has 1 aliphatic heterocycles. The molecule has 32 heavy (non-hydrogen) atoms. The van der Waals surface area contributed by atoms with Crippen molar-refractivity contribution in [3.63, 3.8) is 0 Å². The number of nitrogens with one attached hydrogen (secondary N) is 1. The lowest BCUT2D eigenvalue weighted by molar-refractivity contribution is 0.0931. The maximum absolute atomic E-state index is 14.7. The van der Waals surface area contributed by atoms with Crippen LogP contribution in [0.1, 0.15) is 53.7 Å². The highest BCUT2D eigenvalue weighted by molar-refractivity contribution is 5.92. The summed E-state index contributed by atoms with van der Waals surface area (Å²) >= 11 is 0. The van der Waals surface area contributed by atoms with E-state index in [1.165, 1.54) is 10.9 Å². The molecular weight excluding hydrogens is 411 g/mol. The molecule has 3 aromatic heterocycles. The molecule has 0 radical (unpaired) electrons. The van der Waals surface area contributed by atoms with Gasteiger partial charge in [0.2, 0.25) is 5.95 Å². The lowest BCUT2D eigenvalue weighted by Crippen LogP contribution is -2.27. The average Bonchev–Trinajstić information content (AvgIpc) is 3.53. The van der Waals surface area contributed by atoms with E-state index in [9.17, 15) is 9.18 Å². The molecule has 168 valence electrons. The van der Waals surface area contributed by atoms with E-state index in [0.29, 0.717) is 23.2 Å². The number of rotatable bonds is 5. The van der Waals surface area contributed by atoms with Crippen molar-refractivity contribution in [2.75, 3.05) is 18.0 Å². The Morgan fingerprint density at radius 3 is 2.78 bits per heavy atom. The largest absolute Gasteiger partial charge is 0.356 e. The molecule has 1 fully saturated rings. The Labute approximate surface area is 185 Å². The van der Waals surface area contributed by atoms with Crippen LogP contribution in [-0.4, -0.2) is 48.5 Å². The van der Waals surface area contributed by atoms with Crippen molar-refractivity contribution in [3.05, 3.63) is 53.2 Å². The molecule has 9 nitrogen and oxygen atoms in total. The van der Waals surface area contributed by atoms with E-state index in [1.54, 1.807) is 12.4 Å². The normalized spacial score (nSPS) is 22.4. The van der Waals surface area contributed by atoms with Gasteiger partial charge in [0.05, 0.1) is 30.8 Å². The molecular formula is C22H27FN8O. The Morgan fingerprint density at radius 1 is 1.25 bits per heavy atom. The molecule has 1 N–H and O–H groups in total. The number of aromatic nitrogens is 6. The first-order valence-electron chi connectivity index (χ1n) is 11.0. The van der Waals surface area contributed by atoms with Crippen molar-refractivity contribution < 1.29 is 9.18 Å². The Morgan fingerprint density at radius 2 is 2.03 bits per heavy atom. The summed E-state index contributed by atoms with van der Waals surface area (Å²) in [7, 11) is 1.95. The van der Waals surface area contributed by atoms with Gasteiger partial charge >= 0.3 is 0 Å². The first-order valence-corrected chi connectivity index (χ1v) is 11.0. The lowest BCUT2D eigenvalue weighted by atomic mass is 10.0. The van der Waals surface area contributed by atoms with Crippen LogP contribution in [0.3, 0.4) is 0 Å². The summed E-state index contributed by atoms with van der Waals surface area (Å²) in [4.78, 5) is 23.3. The molecule has 0 saturated carbocycles. The standard InChI is InChI=1S/C22H27FN8O/c1-13-8-30(9-14(13)2)19-7-4-15(21(23)26-19)10-31-11-17(27-28-31)22(32)25-16-5-6-18-20(16)24-12-29(18)3/h4,7,11-14,16H,5-6,8-10H2,1-3H3,(H,25,32)/t13?,14?,16-/m1/s1. The average molecular weight is 439 g/mol. The highest BCUT2D eigenvalue weighted by Crippen LogP contribution is 2.29. The molecule has 3 atom stereocenters. The highest BCUT2D eigenvalue weighted by Gasteiger charge is 2.29. The zero-order valence-corrected chi connectivity index (χ0v) is 18.5. The summed E-state index contributed by atoms with van der Waals surface area (Å²) in [5.74, 6) is 0.947. The van der Waals surface area contributed by atoms with Gasteiger partial charge in [0, 0.05) is 31.4 Å². The van der Waals surface area contributed by atoms with E-state index >= 15 is 0 Å². The predicted octanol–water partition coefficient (Wildman–Crippen LogP) is 2.10. The molecule has 1 aliphatic carbocycles. The molecule has 0 bridgehead atoms. The van der Waals surface area contributed by atoms with E-state index in [1.807, 2.05) is 17.7 Å². The lowest BCUT2D eigenvalue weighted by Gasteiger charge is -2.17. The molecule has 2 aliphatic rings. The van der Waals surface area contributed by atoms with Crippen LogP contribution in [0.5, 0.6) is 0 Å². The summed E-state index contributed by atoms with van der Waals surface area (Å²) < 4.78 is 18.1. The number of aryl methyl sites for hydroxylation is 1. The third-order valence-corrected chi connectivity index (χ3v) is 6.72. The Kier molecular flexibility index (Phi) is 5.15. The second-order valence-corrected chi connectivity index (χ2v) is 9.03. The molecule has 0 aromatic carbocycles. The predicted molar refractivity (Wildman–Crippen MR) is 116 cm³/mol. The van der Waals surface area contributed by atoms with E-state index in [0.717, 1.165) is 37.3 Å². The van der Waals surface area contributed by atoms with Crippen LogP contribution < -0.4 is 10.2 Å². The maximum atomic E-state index is 14.7. The fraction of sp³-hybridized carbons (Fsp3) is 0.500. The number of imidazole rings is 1. The summed E-state index contributed by atoms with van der Waals surface area (Å²) in [5, 5.41) is 10.9. The van der Waals surface area contributed by atoms with Gasteiger partial charge in [-0.3, -0.25) is 4.79 Å². The van der Waals surface area contributed by atoms with Crippen molar-refractivity contribution in [2.45, 2.75) is 39.3 Å². The SMILES string of the molecule is CC1CN(c2ccc(Cn3cc(C(=O)N[C@@H]4CCc5c4ncn5C)nn3)c(F)n2)CC1C. The molecule has 10 heteroatoms. The number of carbonyl (C=O) groups is 1. The van der Waals surface area contributed by atoms with E-state index in [2.05, 4.69) is 44.3 Å². The minimum atomic E-state index is -0.523. The molecule has 1 amide bonds. The quantitative estimate of drug-likeness (QED) is 0.613. The molecule has 0 spiro atoms. The maximum Gasteiger partial charge on any atom is 0.274 e. The fourth-order valence-electron chi connectivity index (χ4n) is 4.58. The van der Waals surface area contributed by atoms with Gasteiger partial charge in [-0.2, -0.15) is 4.39 Å². The van der Waals surface area contributed by atoms with Crippen LogP contribution in [-0.2, 0) is 20.0 Å². The molecule has 5 rings (SSSR count). The van der Waals surface area contributed by atoms with E-state index < -0.39 is 5.95 Å². The van der Waals surface area contributed by atoms with E-state index in [4.69, 9.17) is 0 Å². The van der Waals surface area contributed by atoms with Crippen LogP contribution in [0, 0.1) is 17.8 Å². The van der Waals surface area contributed by atoms with Crippen LogP contribution in [0.4, 0.5) is 10.2 Å². The second-order valence-electron chi connectivity index (χ2n) is 9.03. The number of pyridine rings is 1. The number of hydrogen-bond donors (Lipinski definition) is 1. The number of fused-ring (bicyclic) bond motifs is 1. The minimum absolute atomic E-state index is 0.130. The Hall–Kier alpha value is -3.30. The topological polar surface area (TPSA) is 93.8 Å². The highest BCUT2D eigenvalue weighted by atomic mass is 19.1. The first-order chi connectivity index (χ1) is 15.4. The van der Waals surface area contributed by atoms with Gasteiger partial charge in [-0.15, -0.1) is 5.10 Å². The Bertz CT molecular complexity index is 1140. The molecule has 2 unspecified atom stereocenters. The van der Waals surface area contributed by atoms with Crippen molar-refractivity contribution in [1.29, 1.82) is 0 Å². The van der Waals surface area contributed by atoms with Gasteiger partial charge in [-0.1, -0.05) is 19.1 Å². The first kappa shape index (κ1) is 20.6. The second kappa shape index (κ2) is 7.99. The summed E-state index contributed by atoms with van der Waals surface area (Å²) in [6.45, 7) is 6.33. The van der Waals surface area contributed by atoms with Gasteiger partial charge in [0.1, 0.15) is 5.82 Å². The van der Waals surface area contributed by atoms with Crippen LogP contribution in [0.2, 0.25) is 0 Å². The van der Waals surface area contributed by atoms with Gasteiger partial charge in [0.15, 0.2) is 5.69 Å². The van der Waals surface area contributed by atoms with Crippen LogP contribution in [0.15, 0.2) is 24.7 Å². The zero-order valence-electron chi connectivity index (χ0n) is 18.5. The number of carbonyl (C=O) groups excluding carboxylic acids is 1. The minimum Gasteiger partial charge on any atom is -0.356 e. The fourth-order valence-corrected chi connectivity index (χ4v) is 4.58. The number of anilines is 1. The Balaban J connectivity index is 1.24. The van der Waals surface area contributed by atoms with Crippen molar-refractivity contribution in [2.24, 2.45) is 18.9 Å². The third kappa shape index (κ3) is 3.74. The van der Waals surface area contributed by atoms with Gasteiger partial charge in [-0.25, -0.2) is 14.6 Å². The summed E-state index contributed by atoms with van der Waals surface area (Å²) in [6, 6.07) is 3.45. The van der Waals surface area contributed by atoms with Crippen LogP contribution >= 0.6 is 0 Å². The smallest absolute Gasteiger partial charge is 0.274 e. The summed E-state index contributed by atoms with van der Waals surface area (Å²) in [6.07, 6.45) is 4.98. The number of hydrogen-bond acceptors (Lipinski definition) is 6. The van der Waals surface area contributed by atoms with Gasteiger partial charge < -0.3 is 14.8 Å². The van der Waals surface area contributed by atoms with Crippen molar-refractivity contribution in [1.82, 2.24) is 34.8 Å². The van der Waals surface area contributed by atoms with Crippen LogP contribution in [0.25, 0.3) is 0 Å². The van der Waals surface area contributed by atoms with Crippen molar-refractivity contribution >= 4 is 11.7 Å². The monoisotopic (exact) mass is 438 g/mol. The number of halogens is 1. The van der Waals surface area contributed by atoms with Gasteiger partial charge in [-0.05, 0) is 36.8 Å².